The number of carbonyl (C=O) groups excluding carboxylic acids is 3. The summed E-state index contributed by atoms with van der Waals surface area (Å²) in [6, 6.07) is 16.5. The van der Waals surface area contributed by atoms with Gasteiger partial charge in [0, 0.05) is 29.2 Å². The predicted octanol–water partition coefficient (Wildman–Crippen LogP) is 5.75. The Morgan fingerprint density at radius 1 is 0.955 bits per heavy atom. The molecule has 4 heterocycles. The van der Waals surface area contributed by atoms with Gasteiger partial charge in [-0.3, -0.25) is 14.4 Å². The highest BCUT2D eigenvalue weighted by atomic mass is 32.1. The Balaban J connectivity index is 1.15. The molecule has 8 nitrogen and oxygen atoms in total. The molecule has 224 valence electrons. The number of rotatable bonds is 6. The van der Waals surface area contributed by atoms with Gasteiger partial charge in [0.2, 0.25) is 0 Å². The Labute approximate surface area is 254 Å². The zero-order chi connectivity index (χ0) is 30.6. The molecule has 0 spiro atoms. The second-order valence-electron chi connectivity index (χ2n) is 11.1. The van der Waals surface area contributed by atoms with Gasteiger partial charge >= 0.3 is 0 Å². The van der Waals surface area contributed by atoms with Gasteiger partial charge in [0.15, 0.2) is 5.82 Å². The van der Waals surface area contributed by atoms with Crippen molar-refractivity contribution < 1.29 is 27.6 Å². The molecule has 0 atom stereocenters. The average molecular weight is 618 g/mol. The minimum Gasteiger partial charge on any atom is -0.349 e. The van der Waals surface area contributed by atoms with Crippen molar-refractivity contribution in [3.8, 4) is 10.4 Å². The van der Waals surface area contributed by atoms with Gasteiger partial charge in [-0.2, -0.15) is 0 Å². The number of aromatic nitrogens is 1. The van der Waals surface area contributed by atoms with Crippen LogP contribution in [0.1, 0.15) is 48.8 Å². The van der Waals surface area contributed by atoms with Gasteiger partial charge in [-0.15, -0.1) is 11.3 Å². The summed E-state index contributed by atoms with van der Waals surface area (Å²) in [7, 11) is 0. The predicted molar refractivity (Wildman–Crippen MR) is 161 cm³/mol. The van der Waals surface area contributed by atoms with Gasteiger partial charge in [0.05, 0.1) is 40.5 Å². The van der Waals surface area contributed by atoms with Crippen LogP contribution in [0.15, 0.2) is 66.9 Å². The Bertz CT molecular complexity index is 1810. The van der Waals surface area contributed by atoms with Crippen LogP contribution in [-0.4, -0.2) is 54.3 Å². The van der Waals surface area contributed by atoms with Crippen LogP contribution in [0.25, 0.3) is 10.4 Å². The molecule has 0 bridgehead atoms. The Morgan fingerprint density at radius 3 is 2.50 bits per heavy atom. The lowest BCUT2D eigenvalue weighted by Gasteiger charge is -2.40. The van der Waals surface area contributed by atoms with E-state index in [9.17, 15) is 23.2 Å². The van der Waals surface area contributed by atoms with Gasteiger partial charge in [0.25, 0.3) is 23.6 Å². The minimum atomic E-state index is -2.87. The van der Waals surface area contributed by atoms with Crippen LogP contribution < -0.4 is 20.4 Å². The number of pyridine rings is 1. The molecule has 2 aromatic heterocycles. The van der Waals surface area contributed by atoms with E-state index in [0.29, 0.717) is 17.0 Å². The van der Waals surface area contributed by atoms with E-state index in [-0.39, 0.29) is 41.1 Å². The van der Waals surface area contributed by atoms with E-state index in [0.717, 1.165) is 28.8 Å². The molecule has 12 heteroatoms. The van der Waals surface area contributed by atoms with E-state index in [2.05, 4.69) is 15.6 Å². The summed E-state index contributed by atoms with van der Waals surface area (Å²) >= 11 is 1.38. The van der Waals surface area contributed by atoms with Gasteiger partial charge in [-0.05, 0) is 61.2 Å². The Kier molecular flexibility index (Phi) is 6.88. The Morgan fingerprint density at radius 2 is 1.73 bits per heavy atom. The fourth-order valence-electron chi connectivity index (χ4n) is 5.52. The van der Waals surface area contributed by atoms with Gasteiger partial charge < -0.3 is 20.4 Å². The average Bonchev–Trinajstić information content (AvgIpc) is 3.75. The highest BCUT2D eigenvalue weighted by Gasteiger charge is 2.45. The molecule has 1 aliphatic carbocycles. The van der Waals surface area contributed by atoms with Gasteiger partial charge in [-0.1, -0.05) is 24.3 Å². The maximum absolute atomic E-state index is 15.9. The molecule has 0 radical (unpaired) electrons. The number of nitrogens with one attached hydrogen (secondary N) is 2. The summed E-state index contributed by atoms with van der Waals surface area (Å²) in [5.41, 5.74) is 1.85. The zero-order valence-electron chi connectivity index (χ0n) is 23.3. The minimum absolute atomic E-state index is 0.0110. The van der Waals surface area contributed by atoms with E-state index in [4.69, 9.17) is 0 Å². The standard InChI is InChI=1S/C32H26F3N5O3S/c33-26-21(6-3-8-23(26)38-29(41)22-7-4-13-36-28(22)39-16-32(34,35)17-39)31(43)40-14-12-18-15-25(30(42)37-19-10-11-19)44-27(18)20-5-1-2-9-24(20)40/h1-9,13,15,19H,10-12,14,16-17H2,(H,37,42)(H,38,41). The topological polar surface area (TPSA) is 94.6 Å². The summed E-state index contributed by atoms with van der Waals surface area (Å²) in [5.74, 6) is -5.13. The molecule has 44 heavy (non-hydrogen) atoms. The number of hydrogen-bond donors (Lipinski definition) is 2. The number of fused-ring (bicyclic) bond motifs is 3. The molecule has 2 aliphatic heterocycles. The highest BCUT2D eigenvalue weighted by Crippen LogP contribution is 2.42. The van der Waals surface area contributed by atoms with E-state index < -0.39 is 36.6 Å². The Hall–Kier alpha value is -4.71. The van der Waals surface area contributed by atoms with Crippen LogP contribution >= 0.6 is 11.3 Å². The van der Waals surface area contributed by atoms with Crippen LogP contribution in [-0.2, 0) is 6.42 Å². The van der Waals surface area contributed by atoms with Crippen LogP contribution in [0.2, 0.25) is 0 Å². The maximum Gasteiger partial charge on any atom is 0.282 e. The maximum atomic E-state index is 15.9. The first-order chi connectivity index (χ1) is 21.2. The fraction of sp³-hybridized carbons (Fsp3) is 0.250. The zero-order valence-corrected chi connectivity index (χ0v) is 24.1. The number of nitrogens with zero attached hydrogens (tertiary/aromatic N) is 3. The second-order valence-corrected chi connectivity index (χ2v) is 12.2. The third-order valence-corrected chi connectivity index (χ3v) is 9.10. The van der Waals surface area contributed by atoms with Crippen LogP contribution in [0.3, 0.4) is 0 Å². The number of anilines is 3. The van der Waals surface area contributed by atoms with Gasteiger partial charge in [-0.25, -0.2) is 18.2 Å². The number of benzene rings is 2. The third-order valence-electron chi connectivity index (χ3n) is 7.89. The van der Waals surface area contributed by atoms with Gasteiger partial charge in [0.1, 0.15) is 5.82 Å². The van der Waals surface area contributed by atoms with E-state index in [1.54, 1.807) is 12.1 Å². The number of halogens is 3. The summed E-state index contributed by atoms with van der Waals surface area (Å²) in [4.78, 5) is 48.2. The molecular formula is C32H26F3N5O3S. The number of amides is 3. The first kappa shape index (κ1) is 28.1. The van der Waals surface area contributed by atoms with Crippen molar-refractivity contribution in [3.63, 3.8) is 0 Å². The van der Waals surface area contributed by atoms with Crippen molar-refractivity contribution >= 4 is 46.3 Å². The monoisotopic (exact) mass is 617 g/mol. The molecule has 0 unspecified atom stereocenters. The van der Waals surface area contributed by atoms with Crippen molar-refractivity contribution in [3.05, 3.63) is 94.2 Å². The number of thiophene rings is 1. The molecular weight excluding hydrogens is 591 g/mol. The van der Waals surface area contributed by atoms with E-state index in [1.807, 2.05) is 18.2 Å². The van der Waals surface area contributed by atoms with Crippen molar-refractivity contribution in [2.75, 3.05) is 34.8 Å². The van der Waals surface area contributed by atoms with Crippen LogP contribution in [0.5, 0.6) is 0 Å². The lowest BCUT2D eigenvalue weighted by molar-refractivity contribution is -0.0267. The van der Waals surface area contributed by atoms with E-state index in [1.165, 1.54) is 57.7 Å². The van der Waals surface area contributed by atoms with Crippen LogP contribution in [0, 0.1) is 5.82 Å². The van der Waals surface area contributed by atoms with Crippen LogP contribution in [0.4, 0.5) is 30.4 Å². The molecule has 7 rings (SSSR count). The molecule has 3 aliphatic rings. The SMILES string of the molecule is O=C(NC1CC1)c1cc2c(s1)-c1ccccc1N(C(=O)c1cccc(NC(=O)c3cccnc3N3CC(F)(F)C3)c1F)CC2. The fourth-order valence-corrected chi connectivity index (χ4v) is 6.67. The molecule has 2 N–H and O–H groups in total. The van der Waals surface area contributed by atoms with Crippen molar-refractivity contribution in [1.82, 2.24) is 10.3 Å². The number of carbonyl (C=O) groups is 3. The largest absolute Gasteiger partial charge is 0.349 e. The first-order valence-corrected chi connectivity index (χ1v) is 15.0. The third kappa shape index (κ3) is 5.19. The number of para-hydroxylation sites is 1. The van der Waals surface area contributed by atoms with E-state index >= 15 is 4.39 Å². The lowest BCUT2D eigenvalue weighted by Crippen LogP contribution is -2.57. The lowest BCUT2D eigenvalue weighted by atomic mass is 10.1. The smallest absolute Gasteiger partial charge is 0.282 e. The first-order valence-electron chi connectivity index (χ1n) is 14.2. The molecule has 4 aromatic rings. The normalized spacial score (nSPS) is 16.7. The number of alkyl halides is 2. The van der Waals surface area contributed by atoms with Crippen molar-refractivity contribution in [2.24, 2.45) is 0 Å². The molecule has 3 amide bonds. The summed E-state index contributed by atoms with van der Waals surface area (Å²) in [6.07, 6.45) is 3.83. The molecule has 2 fully saturated rings. The van der Waals surface area contributed by atoms with Crippen molar-refractivity contribution in [1.29, 1.82) is 0 Å². The molecule has 1 saturated heterocycles. The number of hydrogen-bond acceptors (Lipinski definition) is 6. The molecule has 1 saturated carbocycles. The highest BCUT2D eigenvalue weighted by molar-refractivity contribution is 7.17. The van der Waals surface area contributed by atoms with Crippen molar-refractivity contribution in [2.45, 2.75) is 31.2 Å². The quantitative estimate of drug-likeness (QED) is 0.287. The molecule has 2 aromatic carbocycles. The summed E-state index contributed by atoms with van der Waals surface area (Å²) in [5, 5.41) is 5.51. The second kappa shape index (κ2) is 10.8. The summed E-state index contributed by atoms with van der Waals surface area (Å²) < 4.78 is 42.9. The summed E-state index contributed by atoms with van der Waals surface area (Å²) in [6.45, 7) is -0.887.